The Kier molecular flexibility index (Phi) is 10.1. The molecule has 0 heterocycles. The van der Waals surface area contributed by atoms with Crippen LogP contribution in [-0.2, 0) is 19.2 Å². The standard InChI is InChI=1S/C14H26N4O6S/c1-6(2)10(15)13(23)18-11(7(3)19)14(24)17-8(5-25)12(22)16-4-9(20)21/h6-8,10-11,19,25H,4-5,15H2,1-3H3,(H,16,22)(H,17,24)(H,18,23)(H,20,21)/t7-,8+,10-,11-/m0/s1. The van der Waals surface area contributed by atoms with Gasteiger partial charge in [0.2, 0.25) is 17.7 Å². The molecular weight excluding hydrogens is 352 g/mol. The highest BCUT2D eigenvalue weighted by atomic mass is 32.1. The molecule has 0 aromatic rings. The van der Waals surface area contributed by atoms with Crippen LogP contribution in [0.25, 0.3) is 0 Å². The van der Waals surface area contributed by atoms with E-state index in [1.54, 1.807) is 13.8 Å². The third kappa shape index (κ3) is 8.18. The maximum atomic E-state index is 12.3. The van der Waals surface area contributed by atoms with Crippen molar-refractivity contribution >= 4 is 36.3 Å². The molecule has 0 unspecified atom stereocenters. The fourth-order valence-electron chi connectivity index (χ4n) is 1.70. The van der Waals surface area contributed by atoms with Gasteiger partial charge in [-0.05, 0) is 12.8 Å². The van der Waals surface area contributed by atoms with Gasteiger partial charge in [0.25, 0.3) is 0 Å². The largest absolute Gasteiger partial charge is 0.480 e. The van der Waals surface area contributed by atoms with Crippen LogP contribution in [-0.4, -0.2) is 70.4 Å². The third-order valence-corrected chi connectivity index (χ3v) is 3.68. The van der Waals surface area contributed by atoms with Gasteiger partial charge in [0, 0.05) is 5.75 Å². The summed E-state index contributed by atoms with van der Waals surface area (Å²) in [7, 11) is 0. The van der Waals surface area contributed by atoms with Crippen LogP contribution in [0.2, 0.25) is 0 Å². The molecule has 10 nitrogen and oxygen atoms in total. The van der Waals surface area contributed by atoms with Crippen LogP contribution >= 0.6 is 12.6 Å². The molecule has 0 aromatic heterocycles. The zero-order chi connectivity index (χ0) is 19.7. The van der Waals surface area contributed by atoms with Gasteiger partial charge in [-0.15, -0.1) is 0 Å². The summed E-state index contributed by atoms with van der Waals surface area (Å²) in [5.41, 5.74) is 5.69. The number of aliphatic carboxylic acids is 1. The first kappa shape index (κ1) is 23.1. The first-order valence-electron chi connectivity index (χ1n) is 7.66. The summed E-state index contributed by atoms with van der Waals surface area (Å²) in [6.07, 6.45) is -1.24. The molecule has 11 heteroatoms. The lowest BCUT2D eigenvalue weighted by Crippen LogP contribution is -2.60. The number of thiol groups is 1. The van der Waals surface area contributed by atoms with Crippen molar-refractivity contribution in [3.05, 3.63) is 0 Å². The van der Waals surface area contributed by atoms with E-state index in [4.69, 9.17) is 10.8 Å². The minimum atomic E-state index is -1.33. The number of carbonyl (C=O) groups is 4. The molecule has 0 saturated heterocycles. The minimum absolute atomic E-state index is 0.108. The molecule has 3 amide bonds. The molecule has 144 valence electrons. The SMILES string of the molecule is CC(C)[C@H](N)C(=O)N[C@H](C(=O)N[C@H](CS)C(=O)NCC(=O)O)[C@H](C)O. The lowest BCUT2D eigenvalue weighted by atomic mass is 10.0. The Balaban J connectivity index is 4.94. The molecule has 0 aliphatic heterocycles. The summed E-state index contributed by atoms with van der Waals surface area (Å²) in [6.45, 7) is 4.14. The average Bonchev–Trinajstić information content (AvgIpc) is 2.53. The van der Waals surface area contributed by atoms with Gasteiger partial charge in [-0.3, -0.25) is 19.2 Å². The number of amides is 3. The molecule has 0 aliphatic carbocycles. The van der Waals surface area contributed by atoms with Crippen molar-refractivity contribution in [1.82, 2.24) is 16.0 Å². The first-order chi connectivity index (χ1) is 11.5. The van der Waals surface area contributed by atoms with Gasteiger partial charge >= 0.3 is 5.97 Å². The van der Waals surface area contributed by atoms with E-state index in [9.17, 15) is 24.3 Å². The highest BCUT2D eigenvalue weighted by Gasteiger charge is 2.31. The van der Waals surface area contributed by atoms with Gasteiger partial charge in [-0.25, -0.2) is 0 Å². The molecule has 0 bridgehead atoms. The van der Waals surface area contributed by atoms with Crippen molar-refractivity contribution in [3.8, 4) is 0 Å². The summed E-state index contributed by atoms with van der Waals surface area (Å²) in [5.74, 6) is -3.71. The van der Waals surface area contributed by atoms with Crippen molar-refractivity contribution in [1.29, 1.82) is 0 Å². The van der Waals surface area contributed by atoms with Crippen LogP contribution in [0.15, 0.2) is 0 Å². The smallest absolute Gasteiger partial charge is 0.322 e. The number of nitrogens with one attached hydrogen (secondary N) is 3. The summed E-state index contributed by atoms with van der Waals surface area (Å²) < 4.78 is 0. The number of hydrogen-bond donors (Lipinski definition) is 7. The Labute approximate surface area is 151 Å². The minimum Gasteiger partial charge on any atom is -0.480 e. The molecular formula is C14H26N4O6S. The number of aliphatic hydroxyl groups excluding tert-OH is 1. The van der Waals surface area contributed by atoms with Crippen molar-refractivity contribution in [2.24, 2.45) is 11.7 Å². The maximum absolute atomic E-state index is 12.3. The Morgan fingerprint density at radius 1 is 1.04 bits per heavy atom. The normalized spacial score (nSPS) is 15.6. The quantitative estimate of drug-likeness (QED) is 0.205. The number of carboxylic acids is 1. The van der Waals surface area contributed by atoms with E-state index >= 15 is 0 Å². The predicted octanol–water partition coefficient (Wildman–Crippen LogP) is -2.55. The molecule has 0 radical (unpaired) electrons. The lowest BCUT2D eigenvalue weighted by molar-refractivity contribution is -0.138. The molecule has 0 aliphatic rings. The van der Waals surface area contributed by atoms with E-state index in [2.05, 4.69) is 28.6 Å². The summed E-state index contributed by atoms with van der Waals surface area (Å²) in [5, 5.41) is 25.0. The van der Waals surface area contributed by atoms with Gasteiger partial charge in [0.05, 0.1) is 12.1 Å². The van der Waals surface area contributed by atoms with Crippen LogP contribution in [0.5, 0.6) is 0 Å². The Bertz CT molecular complexity index is 500. The van der Waals surface area contributed by atoms with Gasteiger partial charge < -0.3 is 31.9 Å². The summed E-state index contributed by atoms with van der Waals surface area (Å²) >= 11 is 3.93. The summed E-state index contributed by atoms with van der Waals surface area (Å²) in [4.78, 5) is 46.5. The van der Waals surface area contributed by atoms with Gasteiger partial charge in [0.1, 0.15) is 18.6 Å². The predicted molar refractivity (Wildman–Crippen MR) is 92.9 cm³/mol. The number of rotatable bonds is 10. The topological polar surface area (TPSA) is 171 Å². The van der Waals surface area contributed by atoms with E-state index in [-0.39, 0.29) is 11.7 Å². The zero-order valence-corrected chi connectivity index (χ0v) is 15.2. The van der Waals surface area contributed by atoms with Crippen LogP contribution in [0.3, 0.4) is 0 Å². The Morgan fingerprint density at radius 2 is 1.60 bits per heavy atom. The fraction of sp³-hybridized carbons (Fsp3) is 0.714. The molecule has 0 spiro atoms. The van der Waals surface area contributed by atoms with Crippen molar-refractivity contribution in [2.45, 2.75) is 45.0 Å². The van der Waals surface area contributed by atoms with E-state index < -0.39 is 54.5 Å². The van der Waals surface area contributed by atoms with Gasteiger partial charge in [-0.2, -0.15) is 12.6 Å². The lowest BCUT2D eigenvalue weighted by Gasteiger charge is -2.25. The van der Waals surface area contributed by atoms with E-state index in [0.29, 0.717) is 0 Å². The number of aliphatic hydroxyl groups is 1. The molecule has 0 fully saturated rings. The molecule has 7 N–H and O–H groups in total. The van der Waals surface area contributed by atoms with Crippen LogP contribution < -0.4 is 21.7 Å². The number of nitrogens with two attached hydrogens (primary N) is 1. The second-order valence-electron chi connectivity index (χ2n) is 5.85. The number of hydrogen-bond acceptors (Lipinski definition) is 7. The van der Waals surface area contributed by atoms with Gasteiger partial charge in [-0.1, -0.05) is 13.8 Å². The molecule has 4 atom stereocenters. The monoisotopic (exact) mass is 378 g/mol. The fourth-order valence-corrected chi connectivity index (χ4v) is 1.96. The molecule has 0 aromatic carbocycles. The van der Waals surface area contributed by atoms with Crippen LogP contribution in [0, 0.1) is 5.92 Å². The highest BCUT2D eigenvalue weighted by Crippen LogP contribution is 2.02. The van der Waals surface area contributed by atoms with Crippen molar-refractivity contribution in [2.75, 3.05) is 12.3 Å². The van der Waals surface area contributed by atoms with Gasteiger partial charge in [0.15, 0.2) is 0 Å². The second-order valence-corrected chi connectivity index (χ2v) is 6.22. The van der Waals surface area contributed by atoms with E-state index in [1.807, 2.05) is 0 Å². The highest BCUT2D eigenvalue weighted by molar-refractivity contribution is 7.80. The summed E-state index contributed by atoms with van der Waals surface area (Å²) in [6, 6.07) is -3.33. The molecule has 0 rings (SSSR count). The van der Waals surface area contributed by atoms with Crippen molar-refractivity contribution < 1.29 is 29.4 Å². The third-order valence-electron chi connectivity index (χ3n) is 3.31. The number of carbonyl (C=O) groups excluding carboxylic acids is 3. The average molecular weight is 378 g/mol. The first-order valence-corrected chi connectivity index (χ1v) is 8.29. The maximum Gasteiger partial charge on any atom is 0.322 e. The van der Waals surface area contributed by atoms with Crippen LogP contribution in [0.4, 0.5) is 0 Å². The van der Waals surface area contributed by atoms with Crippen molar-refractivity contribution in [3.63, 3.8) is 0 Å². The second kappa shape index (κ2) is 10.9. The zero-order valence-electron chi connectivity index (χ0n) is 14.4. The van der Waals surface area contributed by atoms with Crippen LogP contribution in [0.1, 0.15) is 20.8 Å². The molecule has 0 saturated carbocycles. The van der Waals surface area contributed by atoms with E-state index in [0.717, 1.165) is 0 Å². The van der Waals surface area contributed by atoms with E-state index in [1.165, 1.54) is 6.92 Å². The number of carboxylic acid groups (broad SMARTS) is 1. The molecule has 25 heavy (non-hydrogen) atoms. The Hall–Kier alpha value is -1.85. The Morgan fingerprint density at radius 3 is 2.00 bits per heavy atom.